The Morgan fingerprint density at radius 2 is 2.17 bits per heavy atom. The predicted octanol–water partition coefficient (Wildman–Crippen LogP) is 1.45. The molecule has 0 saturated carbocycles. The van der Waals surface area contributed by atoms with Crippen LogP contribution in [0.5, 0.6) is 0 Å². The van der Waals surface area contributed by atoms with Gasteiger partial charge < -0.3 is 0 Å². The molecule has 3 N–H and O–H groups in total. The van der Waals surface area contributed by atoms with Gasteiger partial charge in [0.25, 0.3) is 0 Å². The number of nitrogens with zero attached hydrogens (tertiary/aromatic N) is 3. The fourth-order valence-corrected chi connectivity index (χ4v) is 2.35. The first-order chi connectivity index (χ1) is 8.41. The van der Waals surface area contributed by atoms with Gasteiger partial charge in [-0.05, 0) is 0 Å². The van der Waals surface area contributed by atoms with Crippen molar-refractivity contribution >= 4 is 11.3 Å². The number of thiazole rings is 1. The second kappa shape index (κ2) is 4.67. The number of rotatable bonds is 3. The maximum Gasteiger partial charge on any atom is 0.443 e. The number of hydrazine groups is 1. The Morgan fingerprint density at radius 1 is 1.44 bits per heavy atom. The number of nitrogens with one attached hydrogen (secondary N) is 1. The molecule has 1 unspecified atom stereocenters. The lowest BCUT2D eigenvalue weighted by atomic mass is 10.1. The first kappa shape index (κ1) is 13.0. The molecule has 0 bridgehead atoms. The Bertz CT molecular complexity index is 532. The van der Waals surface area contributed by atoms with Crippen LogP contribution in [0, 0.1) is 0 Å². The molecule has 0 radical (unpaired) electrons. The number of halogens is 3. The monoisotopic (exact) mass is 277 g/mol. The van der Waals surface area contributed by atoms with Gasteiger partial charge in [-0.15, -0.1) is 11.3 Å². The lowest BCUT2D eigenvalue weighted by Gasteiger charge is -2.11. The third kappa shape index (κ3) is 2.52. The summed E-state index contributed by atoms with van der Waals surface area (Å²) in [5.74, 6) is 5.37. The maximum absolute atomic E-state index is 12.5. The van der Waals surface area contributed by atoms with Crippen LogP contribution in [0.4, 0.5) is 13.2 Å². The van der Waals surface area contributed by atoms with Gasteiger partial charge in [-0.2, -0.15) is 18.3 Å². The molecule has 2 aromatic rings. The number of hydrogen-bond acceptors (Lipinski definition) is 5. The zero-order valence-electron chi connectivity index (χ0n) is 9.27. The van der Waals surface area contributed by atoms with E-state index < -0.39 is 17.2 Å². The van der Waals surface area contributed by atoms with Crippen LogP contribution in [0.1, 0.15) is 21.5 Å². The van der Waals surface area contributed by atoms with Crippen LogP contribution in [-0.4, -0.2) is 14.8 Å². The molecule has 2 heterocycles. The van der Waals surface area contributed by atoms with E-state index in [4.69, 9.17) is 5.84 Å². The number of hydrogen-bond donors (Lipinski definition) is 2. The fourth-order valence-electron chi connectivity index (χ4n) is 1.48. The average molecular weight is 277 g/mol. The van der Waals surface area contributed by atoms with Crippen molar-refractivity contribution in [3.8, 4) is 0 Å². The van der Waals surface area contributed by atoms with Crippen molar-refractivity contribution in [3.63, 3.8) is 0 Å². The minimum Gasteiger partial charge on any atom is -0.275 e. The smallest absolute Gasteiger partial charge is 0.275 e. The van der Waals surface area contributed by atoms with Crippen molar-refractivity contribution in [3.05, 3.63) is 34.0 Å². The summed E-state index contributed by atoms with van der Waals surface area (Å²) in [6.07, 6.45) is -0.0446. The zero-order valence-corrected chi connectivity index (χ0v) is 10.1. The van der Waals surface area contributed by atoms with E-state index in [-0.39, 0.29) is 0 Å². The summed E-state index contributed by atoms with van der Waals surface area (Å²) in [6, 6.07) is -0.549. The largest absolute Gasteiger partial charge is 0.443 e. The van der Waals surface area contributed by atoms with E-state index in [9.17, 15) is 13.2 Å². The molecule has 0 aliphatic carbocycles. The standard InChI is InChI=1S/C9H10F3N5S/c1-17-4-5(2-15-17)7(16-13)6-3-14-8(18-6)9(10,11)12/h2-4,7,16H,13H2,1H3. The maximum atomic E-state index is 12.5. The summed E-state index contributed by atoms with van der Waals surface area (Å²) in [5.41, 5.74) is 3.14. The SMILES string of the molecule is Cn1cc(C(NN)c2cnc(C(F)(F)F)s2)cn1. The van der Waals surface area contributed by atoms with Crippen molar-refractivity contribution < 1.29 is 13.2 Å². The predicted molar refractivity (Wildman–Crippen MR) is 59.5 cm³/mol. The molecule has 0 aromatic carbocycles. The van der Waals surface area contributed by atoms with Crippen molar-refractivity contribution in [1.82, 2.24) is 20.2 Å². The average Bonchev–Trinajstić information content (AvgIpc) is 2.88. The third-order valence-corrected chi connectivity index (χ3v) is 3.38. The highest BCUT2D eigenvalue weighted by molar-refractivity contribution is 7.11. The summed E-state index contributed by atoms with van der Waals surface area (Å²) in [5, 5.41) is 3.06. The van der Waals surface area contributed by atoms with Crippen molar-refractivity contribution in [2.75, 3.05) is 0 Å². The highest BCUT2D eigenvalue weighted by Gasteiger charge is 2.35. The van der Waals surface area contributed by atoms with Crippen molar-refractivity contribution in [2.24, 2.45) is 12.9 Å². The molecule has 9 heteroatoms. The Balaban J connectivity index is 2.31. The molecule has 0 spiro atoms. The lowest BCUT2D eigenvalue weighted by molar-refractivity contribution is -0.137. The first-order valence-electron chi connectivity index (χ1n) is 4.89. The summed E-state index contributed by atoms with van der Waals surface area (Å²) in [4.78, 5) is 3.75. The number of aryl methyl sites for hydroxylation is 1. The van der Waals surface area contributed by atoms with Gasteiger partial charge in [0.2, 0.25) is 0 Å². The highest BCUT2D eigenvalue weighted by Crippen LogP contribution is 2.35. The molecule has 0 aliphatic rings. The summed E-state index contributed by atoms with van der Waals surface area (Å²) in [7, 11) is 1.71. The molecule has 1 atom stereocenters. The van der Waals surface area contributed by atoms with Crippen LogP contribution in [-0.2, 0) is 13.2 Å². The molecule has 2 rings (SSSR count). The number of aromatic nitrogens is 3. The topological polar surface area (TPSA) is 68.8 Å². The molecular formula is C9H10F3N5S. The van der Waals surface area contributed by atoms with Gasteiger partial charge in [-0.1, -0.05) is 0 Å². The molecule has 0 aliphatic heterocycles. The van der Waals surface area contributed by atoms with E-state index in [1.165, 1.54) is 12.4 Å². The molecular weight excluding hydrogens is 267 g/mol. The molecule has 98 valence electrons. The van der Waals surface area contributed by atoms with Gasteiger partial charge in [0.15, 0.2) is 5.01 Å². The zero-order chi connectivity index (χ0) is 13.3. The highest BCUT2D eigenvalue weighted by atomic mass is 32.1. The van der Waals surface area contributed by atoms with Crippen LogP contribution in [0.3, 0.4) is 0 Å². The summed E-state index contributed by atoms with van der Waals surface area (Å²) < 4.78 is 38.9. The van der Waals surface area contributed by atoms with Crippen molar-refractivity contribution in [2.45, 2.75) is 12.2 Å². The van der Waals surface area contributed by atoms with Gasteiger partial charge in [0.05, 0.1) is 12.2 Å². The van der Waals surface area contributed by atoms with Crippen LogP contribution < -0.4 is 11.3 Å². The van der Waals surface area contributed by atoms with Crippen LogP contribution in [0.15, 0.2) is 18.6 Å². The number of alkyl halides is 3. The van der Waals surface area contributed by atoms with E-state index >= 15 is 0 Å². The Labute approximate surface area is 104 Å². The van der Waals surface area contributed by atoms with Gasteiger partial charge in [0, 0.05) is 29.9 Å². The quantitative estimate of drug-likeness (QED) is 0.658. The van der Waals surface area contributed by atoms with E-state index in [0.29, 0.717) is 21.8 Å². The van der Waals surface area contributed by atoms with E-state index in [2.05, 4.69) is 15.5 Å². The van der Waals surface area contributed by atoms with E-state index in [1.807, 2.05) is 0 Å². The second-order valence-corrected chi connectivity index (χ2v) is 4.67. The number of nitrogens with two attached hydrogens (primary N) is 1. The fraction of sp³-hybridized carbons (Fsp3) is 0.333. The van der Waals surface area contributed by atoms with Crippen LogP contribution in [0.2, 0.25) is 0 Å². The molecule has 5 nitrogen and oxygen atoms in total. The lowest BCUT2D eigenvalue weighted by Crippen LogP contribution is -2.27. The molecule has 0 saturated heterocycles. The second-order valence-electron chi connectivity index (χ2n) is 3.61. The van der Waals surface area contributed by atoms with Gasteiger partial charge in [-0.3, -0.25) is 10.5 Å². The Hall–Kier alpha value is -1.45. The van der Waals surface area contributed by atoms with Crippen LogP contribution >= 0.6 is 11.3 Å². The normalized spacial score (nSPS) is 13.8. The van der Waals surface area contributed by atoms with E-state index in [0.717, 1.165) is 0 Å². The van der Waals surface area contributed by atoms with E-state index in [1.54, 1.807) is 17.9 Å². The molecule has 18 heavy (non-hydrogen) atoms. The first-order valence-corrected chi connectivity index (χ1v) is 5.71. The summed E-state index contributed by atoms with van der Waals surface area (Å²) in [6.45, 7) is 0. The Kier molecular flexibility index (Phi) is 3.37. The Morgan fingerprint density at radius 3 is 2.61 bits per heavy atom. The van der Waals surface area contributed by atoms with Gasteiger partial charge in [0.1, 0.15) is 0 Å². The van der Waals surface area contributed by atoms with Gasteiger partial charge >= 0.3 is 6.18 Å². The third-order valence-electron chi connectivity index (χ3n) is 2.28. The molecule has 0 fully saturated rings. The summed E-state index contributed by atoms with van der Waals surface area (Å²) >= 11 is 0.561. The molecule has 2 aromatic heterocycles. The van der Waals surface area contributed by atoms with Crippen LogP contribution in [0.25, 0.3) is 0 Å². The van der Waals surface area contributed by atoms with Crippen molar-refractivity contribution in [1.29, 1.82) is 0 Å². The minimum absolute atomic E-state index is 0.387. The van der Waals surface area contributed by atoms with Gasteiger partial charge in [-0.25, -0.2) is 10.4 Å². The molecule has 0 amide bonds. The minimum atomic E-state index is -4.43.